The molecule has 0 atom stereocenters. The van der Waals surface area contributed by atoms with Crippen molar-refractivity contribution in [1.29, 1.82) is 0 Å². The zero-order chi connectivity index (χ0) is 13.1. The fourth-order valence-corrected chi connectivity index (χ4v) is 1.21. The number of amides is 1. The Morgan fingerprint density at radius 3 is 2.35 bits per heavy atom. The highest BCUT2D eigenvalue weighted by molar-refractivity contribution is 5.81. The number of carbonyl (C=O) groups excluding carboxylic acids is 2. The van der Waals surface area contributed by atoms with Crippen LogP contribution in [0.2, 0.25) is 0 Å². The minimum absolute atomic E-state index is 0.0847. The number of hydrogen-bond acceptors (Lipinski definition) is 4. The molecule has 0 fully saturated rings. The second-order valence-corrected chi connectivity index (χ2v) is 3.63. The molecule has 0 aromatic rings. The predicted molar refractivity (Wildman–Crippen MR) is 60.4 cm³/mol. The number of aliphatic carboxylic acids is 1. The molecule has 0 unspecified atom stereocenters. The van der Waals surface area contributed by atoms with Crippen molar-refractivity contribution in [3.05, 3.63) is 0 Å². The average Bonchev–Trinajstić information content (AvgIpc) is 2.30. The van der Waals surface area contributed by atoms with Gasteiger partial charge in [-0.05, 0) is 12.8 Å². The van der Waals surface area contributed by atoms with Crippen LogP contribution in [0.5, 0.6) is 0 Å². The van der Waals surface area contributed by atoms with Crippen molar-refractivity contribution in [2.75, 3.05) is 13.7 Å². The zero-order valence-corrected chi connectivity index (χ0v) is 10.0. The van der Waals surface area contributed by atoms with E-state index in [4.69, 9.17) is 5.11 Å². The van der Waals surface area contributed by atoms with Crippen LogP contribution >= 0.6 is 0 Å². The summed E-state index contributed by atoms with van der Waals surface area (Å²) >= 11 is 0. The van der Waals surface area contributed by atoms with Gasteiger partial charge in [0.15, 0.2) is 0 Å². The molecule has 0 aliphatic carbocycles. The second kappa shape index (κ2) is 9.62. The summed E-state index contributed by atoms with van der Waals surface area (Å²) in [4.78, 5) is 32.1. The molecule has 6 heteroatoms. The fraction of sp³-hybridized carbons (Fsp3) is 0.727. The van der Waals surface area contributed by atoms with E-state index in [9.17, 15) is 14.4 Å². The third kappa shape index (κ3) is 10.7. The highest BCUT2D eigenvalue weighted by Gasteiger charge is 2.05. The molecule has 0 radical (unpaired) electrons. The standard InChI is InChI=1S/C11H19NO5/c1-17-11(16)7-6-9(13)12-8-4-2-3-5-10(14)15/h2-8H2,1H3,(H,12,13)(H,14,15). The third-order valence-corrected chi connectivity index (χ3v) is 2.17. The Balaban J connectivity index is 3.33. The first kappa shape index (κ1) is 15.4. The van der Waals surface area contributed by atoms with Gasteiger partial charge in [0.25, 0.3) is 0 Å². The first-order chi connectivity index (χ1) is 8.06. The summed E-state index contributed by atoms with van der Waals surface area (Å²) in [6.07, 6.45) is 2.51. The van der Waals surface area contributed by atoms with E-state index < -0.39 is 11.9 Å². The lowest BCUT2D eigenvalue weighted by Crippen LogP contribution is -2.25. The maximum absolute atomic E-state index is 11.2. The molecule has 0 aromatic carbocycles. The highest BCUT2D eigenvalue weighted by Crippen LogP contribution is 1.99. The van der Waals surface area contributed by atoms with Crippen LogP contribution < -0.4 is 5.32 Å². The summed E-state index contributed by atoms with van der Waals surface area (Å²) in [7, 11) is 1.28. The predicted octanol–water partition coefficient (Wildman–Crippen LogP) is 0.701. The molecule has 98 valence electrons. The third-order valence-electron chi connectivity index (χ3n) is 2.17. The monoisotopic (exact) mass is 245 g/mol. The van der Waals surface area contributed by atoms with Crippen molar-refractivity contribution in [2.24, 2.45) is 0 Å². The Morgan fingerprint density at radius 2 is 1.76 bits per heavy atom. The van der Waals surface area contributed by atoms with Gasteiger partial charge in [-0.2, -0.15) is 0 Å². The van der Waals surface area contributed by atoms with E-state index in [0.717, 1.165) is 12.8 Å². The van der Waals surface area contributed by atoms with Gasteiger partial charge < -0.3 is 15.2 Å². The van der Waals surface area contributed by atoms with Crippen LogP contribution in [0, 0.1) is 0 Å². The molecule has 0 saturated heterocycles. The van der Waals surface area contributed by atoms with Crippen molar-refractivity contribution in [3.63, 3.8) is 0 Å². The molecule has 0 saturated carbocycles. The topological polar surface area (TPSA) is 92.7 Å². The fourth-order valence-electron chi connectivity index (χ4n) is 1.21. The van der Waals surface area contributed by atoms with E-state index in [0.29, 0.717) is 13.0 Å². The molecule has 0 spiro atoms. The lowest BCUT2D eigenvalue weighted by atomic mass is 10.2. The minimum Gasteiger partial charge on any atom is -0.481 e. The first-order valence-electron chi connectivity index (χ1n) is 5.61. The van der Waals surface area contributed by atoms with Gasteiger partial charge >= 0.3 is 11.9 Å². The SMILES string of the molecule is COC(=O)CCC(=O)NCCCCCC(=O)O. The Kier molecular flexibility index (Phi) is 8.72. The van der Waals surface area contributed by atoms with Crippen molar-refractivity contribution in [3.8, 4) is 0 Å². The maximum atomic E-state index is 11.2. The number of carbonyl (C=O) groups is 3. The minimum atomic E-state index is -0.799. The number of carboxylic acids is 1. The van der Waals surface area contributed by atoms with Crippen LogP contribution in [0.25, 0.3) is 0 Å². The normalized spacial score (nSPS) is 9.71. The van der Waals surface area contributed by atoms with Crippen molar-refractivity contribution in [1.82, 2.24) is 5.32 Å². The van der Waals surface area contributed by atoms with Crippen LogP contribution in [0.4, 0.5) is 0 Å². The van der Waals surface area contributed by atoms with E-state index >= 15 is 0 Å². The van der Waals surface area contributed by atoms with Gasteiger partial charge in [-0.1, -0.05) is 6.42 Å². The number of carboxylic acid groups (broad SMARTS) is 1. The van der Waals surface area contributed by atoms with E-state index in [1.165, 1.54) is 7.11 Å². The molecule has 0 aliphatic rings. The summed E-state index contributed by atoms with van der Waals surface area (Å²) in [6, 6.07) is 0. The Hall–Kier alpha value is -1.59. The molecule has 1 amide bonds. The van der Waals surface area contributed by atoms with Gasteiger partial charge in [-0.3, -0.25) is 14.4 Å². The lowest BCUT2D eigenvalue weighted by molar-refractivity contribution is -0.142. The van der Waals surface area contributed by atoms with E-state index in [-0.39, 0.29) is 25.2 Å². The van der Waals surface area contributed by atoms with E-state index in [1.807, 2.05) is 0 Å². The highest BCUT2D eigenvalue weighted by atomic mass is 16.5. The number of methoxy groups -OCH3 is 1. The first-order valence-corrected chi connectivity index (χ1v) is 5.61. The quantitative estimate of drug-likeness (QED) is 0.461. The van der Waals surface area contributed by atoms with Crippen molar-refractivity contribution < 1.29 is 24.2 Å². The summed E-state index contributed by atoms with van der Waals surface area (Å²) in [5.41, 5.74) is 0. The Morgan fingerprint density at radius 1 is 1.06 bits per heavy atom. The summed E-state index contributed by atoms with van der Waals surface area (Å²) in [5.74, 6) is -1.39. The molecular formula is C11H19NO5. The number of nitrogens with one attached hydrogen (secondary N) is 1. The molecule has 0 rings (SSSR count). The van der Waals surface area contributed by atoms with Gasteiger partial charge in [-0.15, -0.1) is 0 Å². The molecule has 0 aliphatic heterocycles. The van der Waals surface area contributed by atoms with Gasteiger partial charge in [0.2, 0.25) is 5.91 Å². The molecule has 6 nitrogen and oxygen atoms in total. The maximum Gasteiger partial charge on any atom is 0.306 e. The van der Waals surface area contributed by atoms with Crippen LogP contribution in [0.15, 0.2) is 0 Å². The molecule has 17 heavy (non-hydrogen) atoms. The van der Waals surface area contributed by atoms with Crippen LogP contribution in [0.1, 0.15) is 38.5 Å². The number of hydrogen-bond donors (Lipinski definition) is 2. The number of unbranched alkanes of at least 4 members (excludes halogenated alkanes) is 2. The summed E-state index contributed by atoms with van der Waals surface area (Å²) in [5, 5.41) is 11.0. The average molecular weight is 245 g/mol. The molecule has 0 heterocycles. The van der Waals surface area contributed by atoms with Crippen molar-refractivity contribution in [2.45, 2.75) is 38.5 Å². The lowest BCUT2D eigenvalue weighted by Gasteiger charge is -2.04. The van der Waals surface area contributed by atoms with Gasteiger partial charge in [-0.25, -0.2) is 0 Å². The smallest absolute Gasteiger partial charge is 0.306 e. The number of ether oxygens (including phenoxy) is 1. The summed E-state index contributed by atoms with van der Waals surface area (Å²) in [6.45, 7) is 0.514. The van der Waals surface area contributed by atoms with Gasteiger partial charge in [0, 0.05) is 19.4 Å². The molecular weight excluding hydrogens is 226 g/mol. The number of rotatable bonds is 9. The molecule has 0 bridgehead atoms. The van der Waals surface area contributed by atoms with E-state index in [2.05, 4.69) is 10.1 Å². The second-order valence-electron chi connectivity index (χ2n) is 3.63. The Labute approximate surface area is 100 Å². The largest absolute Gasteiger partial charge is 0.481 e. The zero-order valence-electron chi connectivity index (χ0n) is 10.0. The summed E-state index contributed by atoms with van der Waals surface area (Å²) < 4.78 is 4.41. The van der Waals surface area contributed by atoms with Gasteiger partial charge in [0.05, 0.1) is 13.5 Å². The van der Waals surface area contributed by atoms with E-state index in [1.54, 1.807) is 0 Å². The number of esters is 1. The molecule has 0 aromatic heterocycles. The molecule has 2 N–H and O–H groups in total. The van der Waals surface area contributed by atoms with Crippen molar-refractivity contribution >= 4 is 17.8 Å². The van der Waals surface area contributed by atoms with Gasteiger partial charge in [0.1, 0.15) is 0 Å². The van der Waals surface area contributed by atoms with Crippen LogP contribution in [0.3, 0.4) is 0 Å². The Bertz CT molecular complexity index is 265. The van der Waals surface area contributed by atoms with Crippen LogP contribution in [-0.2, 0) is 19.1 Å². The van der Waals surface area contributed by atoms with Crippen LogP contribution in [-0.4, -0.2) is 36.6 Å².